The fourth-order valence-corrected chi connectivity index (χ4v) is 4.40. The van der Waals surface area contributed by atoms with Gasteiger partial charge in [0.25, 0.3) is 0 Å². The molecule has 0 atom stereocenters. The predicted octanol–water partition coefficient (Wildman–Crippen LogP) is 0.471. The molecule has 2 aromatic heterocycles. The highest BCUT2D eigenvalue weighted by molar-refractivity contribution is 5.39. The van der Waals surface area contributed by atoms with Crippen molar-refractivity contribution in [3.05, 3.63) is 24.0 Å². The highest BCUT2D eigenvalue weighted by atomic mass is 15.4. The number of pyridine rings is 1. The third kappa shape index (κ3) is 5.04. The molecule has 158 valence electrons. The third-order valence-corrected chi connectivity index (χ3v) is 6.22. The first-order valence-corrected chi connectivity index (χ1v) is 10.7. The molecule has 2 aliphatic heterocycles. The predicted molar refractivity (Wildman–Crippen MR) is 115 cm³/mol. The second-order valence-electron chi connectivity index (χ2n) is 8.26. The Hall–Kier alpha value is -2.23. The molecule has 0 amide bonds. The number of piperazine rings is 1. The Morgan fingerprint density at radius 1 is 1.03 bits per heavy atom. The highest BCUT2D eigenvalue weighted by Crippen LogP contribution is 2.19. The molecule has 0 aliphatic carbocycles. The lowest BCUT2D eigenvalue weighted by atomic mass is 10.0. The van der Waals surface area contributed by atoms with E-state index in [9.17, 15) is 0 Å². The molecule has 0 spiro atoms. The van der Waals surface area contributed by atoms with Crippen molar-refractivity contribution in [2.24, 2.45) is 0 Å². The molecule has 0 saturated carbocycles. The van der Waals surface area contributed by atoms with Crippen LogP contribution >= 0.6 is 0 Å². The maximum absolute atomic E-state index is 5.81. The molecule has 0 aromatic carbocycles. The van der Waals surface area contributed by atoms with Crippen molar-refractivity contribution in [3.8, 4) is 5.69 Å². The van der Waals surface area contributed by atoms with Crippen LogP contribution < -0.4 is 11.5 Å². The first-order valence-electron chi connectivity index (χ1n) is 10.7. The zero-order valence-electron chi connectivity index (χ0n) is 17.4. The molecular formula is C20H33N9. The summed E-state index contributed by atoms with van der Waals surface area (Å²) < 4.78 is 1.51. The van der Waals surface area contributed by atoms with Crippen molar-refractivity contribution in [2.45, 2.75) is 31.7 Å². The van der Waals surface area contributed by atoms with Crippen LogP contribution in [0.3, 0.4) is 0 Å². The summed E-state index contributed by atoms with van der Waals surface area (Å²) in [7, 11) is 2.22. The van der Waals surface area contributed by atoms with Crippen LogP contribution in [-0.2, 0) is 6.42 Å². The van der Waals surface area contributed by atoms with Crippen LogP contribution in [0.25, 0.3) is 5.69 Å². The molecule has 9 nitrogen and oxygen atoms in total. The largest absolute Gasteiger partial charge is 0.368 e. The van der Waals surface area contributed by atoms with E-state index in [-0.39, 0.29) is 11.9 Å². The van der Waals surface area contributed by atoms with Gasteiger partial charge in [-0.1, -0.05) is 0 Å². The van der Waals surface area contributed by atoms with Crippen molar-refractivity contribution in [3.63, 3.8) is 0 Å². The summed E-state index contributed by atoms with van der Waals surface area (Å²) in [5.41, 5.74) is 13.3. The number of hydrogen-bond acceptors (Lipinski definition) is 8. The van der Waals surface area contributed by atoms with Gasteiger partial charge in [-0.05, 0) is 64.5 Å². The lowest BCUT2D eigenvalue weighted by molar-refractivity contribution is 0.0675. The summed E-state index contributed by atoms with van der Waals surface area (Å²) in [5, 5.41) is 4.08. The Bertz CT molecular complexity index is 772. The Balaban J connectivity index is 1.19. The Labute approximate surface area is 172 Å². The summed E-state index contributed by atoms with van der Waals surface area (Å²) in [4.78, 5) is 16.2. The van der Waals surface area contributed by atoms with E-state index in [2.05, 4.69) is 36.8 Å². The number of rotatable bonds is 6. The zero-order chi connectivity index (χ0) is 20.2. The summed E-state index contributed by atoms with van der Waals surface area (Å²) in [6, 6.07) is 4.79. The zero-order valence-corrected chi connectivity index (χ0v) is 17.4. The van der Waals surface area contributed by atoms with Crippen LogP contribution in [-0.4, -0.2) is 93.4 Å². The monoisotopic (exact) mass is 399 g/mol. The van der Waals surface area contributed by atoms with Crippen LogP contribution in [0.4, 0.5) is 11.9 Å². The number of nitrogens with zero attached hydrogens (tertiary/aromatic N) is 7. The van der Waals surface area contributed by atoms with Crippen LogP contribution in [0.1, 0.15) is 25.0 Å². The van der Waals surface area contributed by atoms with Crippen LogP contribution in [0.2, 0.25) is 0 Å². The second kappa shape index (κ2) is 9.06. The first kappa shape index (κ1) is 20.1. The minimum absolute atomic E-state index is 0.169. The van der Waals surface area contributed by atoms with Gasteiger partial charge in [0, 0.05) is 37.9 Å². The molecule has 9 heteroatoms. The molecule has 2 aliphatic rings. The van der Waals surface area contributed by atoms with Gasteiger partial charge in [-0.15, -0.1) is 5.10 Å². The summed E-state index contributed by atoms with van der Waals surface area (Å²) in [6.45, 7) is 8.47. The summed E-state index contributed by atoms with van der Waals surface area (Å²) in [6.07, 6.45) is 6.50. The number of piperidine rings is 1. The fraction of sp³-hybridized carbons (Fsp3) is 0.650. The first-order chi connectivity index (χ1) is 14.1. The van der Waals surface area contributed by atoms with Crippen LogP contribution in [0, 0.1) is 0 Å². The number of nitrogens with two attached hydrogens (primary N) is 2. The van der Waals surface area contributed by atoms with E-state index in [0.29, 0.717) is 0 Å². The van der Waals surface area contributed by atoms with Gasteiger partial charge in [0.1, 0.15) is 0 Å². The molecule has 4 rings (SSSR count). The molecule has 4 N–H and O–H groups in total. The minimum Gasteiger partial charge on any atom is -0.368 e. The number of aromatic nitrogens is 4. The Morgan fingerprint density at radius 3 is 2.41 bits per heavy atom. The third-order valence-electron chi connectivity index (χ3n) is 6.22. The Morgan fingerprint density at radius 2 is 1.79 bits per heavy atom. The number of likely N-dealkylation sites (N-methyl/N-ethyl adjacent to an activating group) is 1. The van der Waals surface area contributed by atoms with E-state index in [0.717, 1.165) is 36.8 Å². The lowest BCUT2D eigenvalue weighted by Gasteiger charge is -2.42. The molecule has 0 bridgehead atoms. The molecule has 0 radical (unpaired) electrons. The summed E-state index contributed by atoms with van der Waals surface area (Å²) >= 11 is 0. The van der Waals surface area contributed by atoms with Gasteiger partial charge >= 0.3 is 0 Å². The minimum atomic E-state index is 0.169. The molecular weight excluding hydrogens is 366 g/mol. The summed E-state index contributed by atoms with van der Waals surface area (Å²) in [5.74, 6) is 0.444. The molecule has 2 saturated heterocycles. The molecule has 2 aromatic rings. The van der Waals surface area contributed by atoms with Crippen molar-refractivity contribution in [1.29, 1.82) is 0 Å². The van der Waals surface area contributed by atoms with Gasteiger partial charge in [-0.2, -0.15) is 9.67 Å². The smallest absolute Gasteiger partial charge is 0.241 e. The number of nitrogen functional groups attached to an aromatic ring is 2. The van der Waals surface area contributed by atoms with E-state index < -0.39 is 0 Å². The van der Waals surface area contributed by atoms with Gasteiger partial charge in [0.05, 0.1) is 11.9 Å². The van der Waals surface area contributed by atoms with Crippen molar-refractivity contribution in [1.82, 2.24) is 34.4 Å². The fourth-order valence-electron chi connectivity index (χ4n) is 4.40. The van der Waals surface area contributed by atoms with Gasteiger partial charge in [0.15, 0.2) is 0 Å². The standard InChI is InChI=1S/C20H33N9/c1-26-11-13-28(14-12-26)17-6-9-27(10-7-17)8-2-3-16-4-5-18(15-23-16)29-20(22)24-19(21)25-29/h4-5,15,17H,2-3,6-14H2,1H3,(H4,21,22,24,25). The maximum atomic E-state index is 5.81. The van der Waals surface area contributed by atoms with E-state index in [1.54, 1.807) is 6.20 Å². The maximum Gasteiger partial charge on any atom is 0.241 e. The molecule has 29 heavy (non-hydrogen) atoms. The van der Waals surface area contributed by atoms with Crippen molar-refractivity contribution in [2.75, 3.05) is 64.3 Å². The average Bonchev–Trinajstić information content (AvgIpc) is 3.08. The number of aryl methyl sites for hydroxylation is 1. The normalized spacial score (nSPS) is 20.3. The lowest BCUT2D eigenvalue weighted by Crippen LogP contribution is -2.52. The molecule has 4 heterocycles. The number of anilines is 2. The van der Waals surface area contributed by atoms with Gasteiger partial charge < -0.3 is 21.3 Å². The van der Waals surface area contributed by atoms with E-state index in [1.807, 2.05) is 12.1 Å². The number of likely N-dealkylation sites (tertiary alicyclic amines) is 1. The van der Waals surface area contributed by atoms with Crippen molar-refractivity contribution < 1.29 is 0 Å². The average molecular weight is 400 g/mol. The second-order valence-corrected chi connectivity index (χ2v) is 8.26. The number of hydrogen-bond donors (Lipinski definition) is 2. The van der Waals surface area contributed by atoms with E-state index in [4.69, 9.17) is 11.5 Å². The molecule has 0 unspecified atom stereocenters. The van der Waals surface area contributed by atoms with Gasteiger partial charge in [-0.25, -0.2) is 0 Å². The van der Waals surface area contributed by atoms with Crippen LogP contribution in [0.5, 0.6) is 0 Å². The SMILES string of the molecule is CN1CCN(C2CCN(CCCc3ccc(-n4nc(N)nc4N)cn3)CC2)CC1. The van der Waals surface area contributed by atoms with E-state index >= 15 is 0 Å². The topological polar surface area (TPSA) is 105 Å². The van der Waals surface area contributed by atoms with Gasteiger partial charge in [0.2, 0.25) is 11.9 Å². The van der Waals surface area contributed by atoms with Gasteiger partial charge in [-0.3, -0.25) is 9.88 Å². The Kier molecular flexibility index (Phi) is 6.27. The van der Waals surface area contributed by atoms with Crippen molar-refractivity contribution >= 4 is 11.9 Å². The van der Waals surface area contributed by atoms with Crippen LogP contribution in [0.15, 0.2) is 18.3 Å². The quantitative estimate of drug-likeness (QED) is 0.722. The highest BCUT2D eigenvalue weighted by Gasteiger charge is 2.26. The van der Waals surface area contributed by atoms with E-state index in [1.165, 1.54) is 56.8 Å². The molecule has 2 fully saturated rings.